The van der Waals surface area contributed by atoms with Gasteiger partial charge in [0.2, 0.25) is 0 Å². The summed E-state index contributed by atoms with van der Waals surface area (Å²) in [5, 5.41) is 12.0. The number of rotatable bonds is 4. The molecule has 1 unspecified atom stereocenters. The summed E-state index contributed by atoms with van der Waals surface area (Å²) in [6.07, 6.45) is 1.77. The fourth-order valence-electron chi connectivity index (χ4n) is 1.85. The van der Waals surface area contributed by atoms with Gasteiger partial charge in [0.15, 0.2) is 0 Å². The highest BCUT2D eigenvalue weighted by molar-refractivity contribution is 9.10. The predicted octanol–water partition coefficient (Wildman–Crippen LogP) is 2.93. The molecule has 0 aliphatic carbocycles. The standard InChI is InChI=1S/C12H14BrClN4/c1-3-15-12(11-7-16-17-18(11)2)8-4-5-9(13)10(14)6-8/h4-7,12,15H,3H2,1-2H3. The molecule has 2 aromatic rings. The van der Waals surface area contributed by atoms with Crippen molar-refractivity contribution in [1.29, 1.82) is 0 Å². The van der Waals surface area contributed by atoms with E-state index in [9.17, 15) is 0 Å². The van der Waals surface area contributed by atoms with Crippen LogP contribution >= 0.6 is 27.5 Å². The van der Waals surface area contributed by atoms with Crippen LogP contribution in [-0.4, -0.2) is 21.5 Å². The van der Waals surface area contributed by atoms with E-state index in [0.717, 1.165) is 22.3 Å². The molecule has 1 aromatic carbocycles. The molecule has 0 amide bonds. The van der Waals surface area contributed by atoms with Crippen LogP contribution in [0.2, 0.25) is 5.02 Å². The van der Waals surface area contributed by atoms with E-state index in [2.05, 4.69) is 38.5 Å². The summed E-state index contributed by atoms with van der Waals surface area (Å²) in [5.41, 5.74) is 2.10. The number of halogens is 2. The number of aromatic nitrogens is 3. The smallest absolute Gasteiger partial charge is 0.0798 e. The summed E-state index contributed by atoms with van der Waals surface area (Å²) in [6.45, 7) is 2.92. The van der Waals surface area contributed by atoms with Gasteiger partial charge in [0.05, 0.1) is 23.0 Å². The van der Waals surface area contributed by atoms with Crippen LogP contribution < -0.4 is 5.32 Å². The van der Waals surface area contributed by atoms with Crippen molar-refractivity contribution in [2.75, 3.05) is 6.54 Å². The molecule has 0 fully saturated rings. The Morgan fingerprint density at radius 2 is 2.28 bits per heavy atom. The first kappa shape index (κ1) is 13.5. The average molecular weight is 330 g/mol. The lowest BCUT2D eigenvalue weighted by atomic mass is 10.0. The third kappa shape index (κ3) is 2.74. The van der Waals surface area contributed by atoms with Crippen molar-refractivity contribution in [1.82, 2.24) is 20.3 Å². The molecule has 0 saturated heterocycles. The van der Waals surface area contributed by atoms with Crippen LogP contribution in [0.25, 0.3) is 0 Å². The van der Waals surface area contributed by atoms with Gasteiger partial charge in [-0.1, -0.05) is 29.8 Å². The molecule has 0 aliphatic rings. The van der Waals surface area contributed by atoms with Crippen molar-refractivity contribution in [3.63, 3.8) is 0 Å². The van der Waals surface area contributed by atoms with Gasteiger partial charge >= 0.3 is 0 Å². The highest BCUT2D eigenvalue weighted by Crippen LogP contribution is 2.28. The second kappa shape index (κ2) is 5.82. The molecular weight excluding hydrogens is 316 g/mol. The van der Waals surface area contributed by atoms with E-state index in [0.29, 0.717) is 5.02 Å². The van der Waals surface area contributed by atoms with Gasteiger partial charge in [0.1, 0.15) is 0 Å². The molecule has 1 aromatic heterocycles. The minimum atomic E-state index is 0.0422. The fourth-order valence-corrected chi connectivity index (χ4v) is 2.28. The molecule has 0 spiro atoms. The minimum Gasteiger partial charge on any atom is -0.305 e. The summed E-state index contributed by atoms with van der Waals surface area (Å²) >= 11 is 9.54. The van der Waals surface area contributed by atoms with Gasteiger partial charge in [-0.15, -0.1) is 5.10 Å². The topological polar surface area (TPSA) is 42.7 Å². The number of nitrogens with zero attached hydrogens (tertiary/aromatic N) is 3. The summed E-state index contributed by atoms with van der Waals surface area (Å²) in [5.74, 6) is 0. The molecule has 96 valence electrons. The zero-order valence-corrected chi connectivity index (χ0v) is 12.5. The molecular formula is C12H14BrClN4. The van der Waals surface area contributed by atoms with Crippen LogP contribution in [-0.2, 0) is 7.05 Å². The highest BCUT2D eigenvalue weighted by Gasteiger charge is 2.17. The third-order valence-electron chi connectivity index (χ3n) is 2.73. The van der Waals surface area contributed by atoms with E-state index in [1.54, 1.807) is 10.9 Å². The Morgan fingerprint density at radius 1 is 1.50 bits per heavy atom. The van der Waals surface area contributed by atoms with Crippen LogP contribution in [0.15, 0.2) is 28.9 Å². The SMILES string of the molecule is CCNC(c1ccc(Br)c(Cl)c1)c1cnnn1C. The predicted molar refractivity (Wildman–Crippen MR) is 75.7 cm³/mol. The molecule has 0 radical (unpaired) electrons. The van der Waals surface area contributed by atoms with E-state index in [-0.39, 0.29) is 6.04 Å². The first-order valence-electron chi connectivity index (χ1n) is 5.66. The van der Waals surface area contributed by atoms with Crippen molar-refractivity contribution in [3.8, 4) is 0 Å². The molecule has 4 nitrogen and oxygen atoms in total. The molecule has 2 rings (SSSR count). The van der Waals surface area contributed by atoms with Gasteiger partial charge in [-0.2, -0.15) is 0 Å². The second-order valence-corrected chi connectivity index (χ2v) is 5.21. The van der Waals surface area contributed by atoms with Crippen molar-refractivity contribution in [2.45, 2.75) is 13.0 Å². The molecule has 1 heterocycles. The minimum absolute atomic E-state index is 0.0422. The molecule has 1 atom stereocenters. The summed E-state index contributed by atoms with van der Waals surface area (Å²) < 4.78 is 2.66. The number of aryl methyl sites for hydroxylation is 1. The van der Waals surface area contributed by atoms with Crippen LogP contribution in [0.1, 0.15) is 24.2 Å². The van der Waals surface area contributed by atoms with E-state index in [1.165, 1.54) is 0 Å². The molecule has 1 N–H and O–H groups in total. The van der Waals surface area contributed by atoms with Crippen molar-refractivity contribution in [3.05, 3.63) is 45.1 Å². The highest BCUT2D eigenvalue weighted by atomic mass is 79.9. The largest absolute Gasteiger partial charge is 0.305 e. The van der Waals surface area contributed by atoms with Crippen LogP contribution in [0.4, 0.5) is 0 Å². The first-order chi connectivity index (χ1) is 8.63. The van der Waals surface area contributed by atoms with Crippen LogP contribution in [0.3, 0.4) is 0 Å². The van der Waals surface area contributed by atoms with Crippen molar-refractivity contribution < 1.29 is 0 Å². The number of hydrogen-bond acceptors (Lipinski definition) is 3. The quantitative estimate of drug-likeness (QED) is 0.938. The summed E-state index contributed by atoms with van der Waals surface area (Å²) in [4.78, 5) is 0. The van der Waals surface area contributed by atoms with Gasteiger partial charge in [-0.3, -0.25) is 4.68 Å². The van der Waals surface area contributed by atoms with E-state index < -0.39 is 0 Å². The lowest BCUT2D eigenvalue weighted by molar-refractivity contribution is 0.568. The summed E-state index contributed by atoms with van der Waals surface area (Å²) in [7, 11) is 1.88. The maximum Gasteiger partial charge on any atom is 0.0798 e. The lowest BCUT2D eigenvalue weighted by Gasteiger charge is -2.18. The molecule has 18 heavy (non-hydrogen) atoms. The molecule has 0 aliphatic heterocycles. The lowest BCUT2D eigenvalue weighted by Crippen LogP contribution is -2.24. The molecule has 0 bridgehead atoms. The molecule has 0 saturated carbocycles. The van der Waals surface area contributed by atoms with Gasteiger partial charge in [0, 0.05) is 11.5 Å². The average Bonchev–Trinajstić information content (AvgIpc) is 2.76. The van der Waals surface area contributed by atoms with Crippen molar-refractivity contribution in [2.24, 2.45) is 7.05 Å². The number of hydrogen-bond donors (Lipinski definition) is 1. The van der Waals surface area contributed by atoms with Gasteiger partial charge in [-0.25, -0.2) is 0 Å². The van der Waals surface area contributed by atoms with E-state index >= 15 is 0 Å². The van der Waals surface area contributed by atoms with Gasteiger partial charge < -0.3 is 5.32 Å². The Balaban J connectivity index is 2.41. The Morgan fingerprint density at radius 3 is 2.83 bits per heavy atom. The Labute approximate surface area is 119 Å². The third-order valence-corrected chi connectivity index (χ3v) is 3.96. The van der Waals surface area contributed by atoms with Crippen LogP contribution in [0.5, 0.6) is 0 Å². The van der Waals surface area contributed by atoms with Gasteiger partial charge in [0.25, 0.3) is 0 Å². The number of nitrogens with one attached hydrogen (secondary N) is 1. The Bertz CT molecular complexity index is 541. The van der Waals surface area contributed by atoms with Crippen molar-refractivity contribution >= 4 is 27.5 Å². The Hall–Kier alpha value is -0.910. The van der Waals surface area contributed by atoms with E-state index in [4.69, 9.17) is 11.6 Å². The number of benzene rings is 1. The van der Waals surface area contributed by atoms with Crippen LogP contribution in [0, 0.1) is 0 Å². The van der Waals surface area contributed by atoms with Gasteiger partial charge in [-0.05, 0) is 40.2 Å². The monoisotopic (exact) mass is 328 g/mol. The normalized spacial score (nSPS) is 12.7. The maximum atomic E-state index is 6.15. The fraction of sp³-hybridized carbons (Fsp3) is 0.333. The second-order valence-electron chi connectivity index (χ2n) is 3.95. The Kier molecular flexibility index (Phi) is 4.37. The zero-order chi connectivity index (χ0) is 13.1. The first-order valence-corrected chi connectivity index (χ1v) is 6.83. The molecule has 6 heteroatoms. The summed E-state index contributed by atoms with van der Waals surface area (Å²) in [6, 6.07) is 5.98. The zero-order valence-electron chi connectivity index (χ0n) is 10.2. The van der Waals surface area contributed by atoms with E-state index in [1.807, 2.05) is 25.2 Å². The maximum absolute atomic E-state index is 6.15.